The molecule has 0 atom stereocenters. The molecule has 7 aromatic rings. The average molecular weight is 812 g/mol. The summed E-state index contributed by atoms with van der Waals surface area (Å²) in [5.74, 6) is 0. The van der Waals surface area contributed by atoms with Gasteiger partial charge in [-0.3, -0.25) is 0 Å². The first kappa shape index (κ1) is 41.4. The van der Waals surface area contributed by atoms with Crippen molar-refractivity contribution in [2.75, 3.05) is 14.7 Å². The van der Waals surface area contributed by atoms with E-state index in [2.05, 4.69) is 256 Å². The fourth-order valence-electron chi connectivity index (χ4n) is 10.1. The highest BCUT2D eigenvalue weighted by molar-refractivity contribution is 7.00. The van der Waals surface area contributed by atoms with Crippen LogP contribution >= 0.6 is 0 Å². The fourth-order valence-corrected chi connectivity index (χ4v) is 10.1. The monoisotopic (exact) mass is 812 g/mol. The summed E-state index contributed by atoms with van der Waals surface area (Å²) in [5.41, 5.74) is 19.6. The normalized spacial score (nSPS) is 13.7. The van der Waals surface area contributed by atoms with Crippen molar-refractivity contribution < 1.29 is 0 Å². The Morgan fingerprint density at radius 1 is 0.339 bits per heavy atom. The molecule has 0 radical (unpaired) electrons. The van der Waals surface area contributed by atoms with Crippen molar-refractivity contribution in [3.63, 3.8) is 0 Å². The van der Waals surface area contributed by atoms with Crippen LogP contribution in [0.4, 0.5) is 51.2 Å². The van der Waals surface area contributed by atoms with Crippen molar-refractivity contribution in [2.45, 2.75) is 105 Å². The summed E-state index contributed by atoms with van der Waals surface area (Å²) in [5, 5.41) is 0. The second-order valence-electron chi connectivity index (χ2n) is 21.5. The highest BCUT2D eigenvalue weighted by atomic mass is 15.2. The van der Waals surface area contributed by atoms with Gasteiger partial charge in [-0.25, -0.2) is 0 Å². The van der Waals surface area contributed by atoms with Crippen LogP contribution in [0.25, 0.3) is 0 Å². The molecule has 312 valence electrons. The largest absolute Gasteiger partial charge is 0.311 e. The number of hydrogen-bond donors (Lipinski definition) is 0. The Labute approximate surface area is 372 Å². The first-order chi connectivity index (χ1) is 29.4. The van der Waals surface area contributed by atoms with Gasteiger partial charge in [0.15, 0.2) is 0 Å². The molecule has 0 aromatic heterocycles. The van der Waals surface area contributed by atoms with Gasteiger partial charge in [0.25, 0.3) is 6.71 Å². The molecule has 2 aliphatic rings. The number of fused-ring (bicyclic) bond motifs is 4. The van der Waals surface area contributed by atoms with Crippen LogP contribution in [0.3, 0.4) is 0 Å². The molecular weight excluding hydrogens is 749 g/mol. The molecule has 0 unspecified atom stereocenters. The van der Waals surface area contributed by atoms with E-state index in [0.29, 0.717) is 0 Å². The maximum Gasteiger partial charge on any atom is 0.252 e. The molecule has 0 spiro atoms. The van der Waals surface area contributed by atoms with Gasteiger partial charge in [-0.15, -0.1) is 0 Å². The van der Waals surface area contributed by atoms with Crippen LogP contribution in [0, 0.1) is 0 Å². The van der Waals surface area contributed by atoms with Gasteiger partial charge in [0.1, 0.15) is 0 Å². The fraction of sp³-hybridized carbons (Fsp3) is 0.276. The van der Waals surface area contributed by atoms with Crippen LogP contribution in [0.15, 0.2) is 158 Å². The molecule has 2 heterocycles. The smallest absolute Gasteiger partial charge is 0.252 e. The summed E-state index contributed by atoms with van der Waals surface area (Å²) < 4.78 is 0. The van der Waals surface area contributed by atoms with Gasteiger partial charge < -0.3 is 14.7 Å². The molecular formula is C58H62BN3. The van der Waals surface area contributed by atoms with Gasteiger partial charge in [0.05, 0.1) is 5.69 Å². The van der Waals surface area contributed by atoms with Gasteiger partial charge in [-0.2, -0.15) is 0 Å². The number of nitrogens with zero attached hydrogens (tertiary/aromatic N) is 3. The lowest BCUT2D eigenvalue weighted by atomic mass is 9.33. The lowest BCUT2D eigenvalue weighted by Crippen LogP contribution is -2.62. The summed E-state index contributed by atoms with van der Waals surface area (Å²) in [4.78, 5) is 7.77. The Balaban J connectivity index is 1.52. The number of hydrogen-bond acceptors (Lipinski definition) is 3. The van der Waals surface area contributed by atoms with Gasteiger partial charge in [-0.05, 0) is 109 Å². The van der Waals surface area contributed by atoms with E-state index in [1.165, 1.54) is 72.8 Å². The summed E-state index contributed by atoms with van der Waals surface area (Å²) in [7, 11) is 0. The van der Waals surface area contributed by atoms with E-state index >= 15 is 0 Å². The number of benzene rings is 7. The zero-order chi connectivity index (χ0) is 43.9. The Morgan fingerprint density at radius 3 is 1.05 bits per heavy atom. The van der Waals surface area contributed by atoms with E-state index in [1.807, 2.05) is 0 Å². The van der Waals surface area contributed by atoms with Crippen LogP contribution in [0.1, 0.15) is 105 Å². The Morgan fingerprint density at radius 2 is 0.677 bits per heavy atom. The predicted octanol–water partition coefficient (Wildman–Crippen LogP) is 14.4. The van der Waals surface area contributed by atoms with Gasteiger partial charge >= 0.3 is 0 Å². The predicted molar refractivity (Wildman–Crippen MR) is 270 cm³/mol. The zero-order valence-corrected chi connectivity index (χ0v) is 38.9. The summed E-state index contributed by atoms with van der Waals surface area (Å²) in [6.45, 7) is 28.3. The molecule has 0 N–H and O–H groups in total. The van der Waals surface area contributed by atoms with E-state index < -0.39 is 0 Å². The van der Waals surface area contributed by atoms with Crippen molar-refractivity contribution in [1.82, 2.24) is 0 Å². The van der Waals surface area contributed by atoms with E-state index in [1.54, 1.807) is 0 Å². The van der Waals surface area contributed by atoms with Gasteiger partial charge in [0.2, 0.25) is 0 Å². The van der Waals surface area contributed by atoms with Crippen molar-refractivity contribution in [1.29, 1.82) is 0 Å². The number of para-hydroxylation sites is 6. The summed E-state index contributed by atoms with van der Waals surface area (Å²) in [6, 6.07) is 59.3. The molecule has 0 saturated carbocycles. The summed E-state index contributed by atoms with van der Waals surface area (Å²) >= 11 is 0. The van der Waals surface area contributed by atoms with Crippen LogP contribution in [-0.4, -0.2) is 6.71 Å². The molecule has 9 rings (SSSR count). The van der Waals surface area contributed by atoms with Crippen LogP contribution in [-0.2, 0) is 21.7 Å². The van der Waals surface area contributed by atoms with Crippen LogP contribution < -0.4 is 31.1 Å². The molecule has 0 bridgehead atoms. The molecule has 4 heteroatoms. The first-order valence-corrected chi connectivity index (χ1v) is 22.5. The SMILES string of the molecule is CC(C)(C)c1ccccc1N1c2cc(N(c3ccccc3)c3ccccc3)cc3c2B(c2cccc(C(C)(C)C)c21)c1cccc(C(C)(C)C)c1N3c1ccccc1C(C)(C)C. The van der Waals surface area contributed by atoms with E-state index in [-0.39, 0.29) is 28.4 Å². The summed E-state index contributed by atoms with van der Waals surface area (Å²) in [6.07, 6.45) is 0. The minimum absolute atomic E-state index is 0.0124. The van der Waals surface area contributed by atoms with Gasteiger partial charge in [0, 0.05) is 45.5 Å². The molecule has 0 fully saturated rings. The van der Waals surface area contributed by atoms with E-state index in [9.17, 15) is 0 Å². The second kappa shape index (κ2) is 14.8. The van der Waals surface area contributed by atoms with Crippen molar-refractivity contribution in [3.8, 4) is 0 Å². The van der Waals surface area contributed by atoms with E-state index in [0.717, 1.165) is 17.1 Å². The topological polar surface area (TPSA) is 9.72 Å². The maximum atomic E-state index is 2.66. The lowest BCUT2D eigenvalue weighted by molar-refractivity contribution is 0.587. The average Bonchev–Trinajstić information content (AvgIpc) is 3.22. The van der Waals surface area contributed by atoms with Crippen LogP contribution in [0.5, 0.6) is 0 Å². The standard InChI is InChI=1S/C58H62BN3/c1-55(2,3)42-29-19-21-35-48(42)61-50-37-41(60(39-25-15-13-16-26-39)40-27-17-14-18-28-40)38-51-52(50)59(46-33-23-31-44(53(46)61)57(7,8)9)47-34-24-32-45(58(10,11)12)54(47)62(51)49-36-22-20-30-43(49)56(4,5)6/h13-38H,1-12H3. The maximum absolute atomic E-state index is 2.66. The molecule has 3 nitrogen and oxygen atoms in total. The van der Waals surface area contributed by atoms with E-state index in [4.69, 9.17) is 0 Å². The second-order valence-corrected chi connectivity index (χ2v) is 21.5. The Kier molecular flexibility index (Phi) is 9.89. The first-order valence-electron chi connectivity index (χ1n) is 22.5. The minimum atomic E-state index is -0.138. The molecule has 0 aliphatic carbocycles. The highest BCUT2D eigenvalue weighted by Gasteiger charge is 2.47. The third-order valence-electron chi connectivity index (χ3n) is 12.9. The van der Waals surface area contributed by atoms with Gasteiger partial charge in [-0.1, -0.05) is 192 Å². The Hall–Kier alpha value is -6.00. The van der Waals surface area contributed by atoms with Crippen molar-refractivity contribution >= 4 is 74.3 Å². The third-order valence-corrected chi connectivity index (χ3v) is 12.9. The Bertz CT molecular complexity index is 2610. The van der Waals surface area contributed by atoms with Crippen LogP contribution in [0.2, 0.25) is 0 Å². The number of anilines is 9. The third kappa shape index (κ3) is 6.93. The highest BCUT2D eigenvalue weighted by Crippen LogP contribution is 2.53. The minimum Gasteiger partial charge on any atom is -0.311 e. The zero-order valence-electron chi connectivity index (χ0n) is 38.9. The number of rotatable bonds is 5. The molecule has 2 aliphatic heterocycles. The lowest BCUT2D eigenvalue weighted by Gasteiger charge is -2.48. The molecule has 0 amide bonds. The van der Waals surface area contributed by atoms with Crippen molar-refractivity contribution in [3.05, 3.63) is 180 Å². The quantitative estimate of drug-likeness (QED) is 0.160. The van der Waals surface area contributed by atoms with Crippen molar-refractivity contribution in [2.24, 2.45) is 0 Å². The molecule has 62 heavy (non-hydrogen) atoms. The molecule has 0 saturated heterocycles. The molecule has 7 aromatic carbocycles.